The third-order valence-corrected chi connectivity index (χ3v) is 4.57. The summed E-state index contributed by atoms with van der Waals surface area (Å²) in [4.78, 5) is 16.9. The van der Waals surface area contributed by atoms with Crippen LogP contribution in [0.5, 0.6) is 0 Å². The summed E-state index contributed by atoms with van der Waals surface area (Å²) >= 11 is 0. The van der Waals surface area contributed by atoms with Gasteiger partial charge in [0.25, 0.3) is 5.91 Å². The van der Waals surface area contributed by atoms with Crippen molar-refractivity contribution in [2.24, 2.45) is 0 Å². The molecule has 23 heavy (non-hydrogen) atoms. The van der Waals surface area contributed by atoms with Gasteiger partial charge >= 0.3 is 0 Å². The molecule has 1 saturated heterocycles. The van der Waals surface area contributed by atoms with Gasteiger partial charge < -0.3 is 15.5 Å². The maximum atomic E-state index is 12.6. The van der Waals surface area contributed by atoms with Crippen molar-refractivity contribution in [3.05, 3.63) is 59.2 Å². The Morgan fingerprint density at radius 3 is 2.30 bits per heavy atom. The van der Waals surface area contributed by atoms with Gasteiger partial charge in [0.15, 0.2) is 0 Å². The van der Waals surface area contributed by atoms with Crippen LogP contribution in [0.3, 0.4) is 0 Å². The molecule has 0 unspecified atom stereocenters. The molecule has 0 atom stereocenters. The maximum absolute atomic E-state index is 12.6. The van der Waals surface area contributed by atoms with Gasteiger partial charge in [-0.05, 0) is 43.2 Å². The smallest absolute Gasteiger partial charge is 0.254 e. The molecular weight excluding hydrogens is 286 g/mol. The lowest BCUT2D eigenvalue weighted by Crippen LogP contribution is -2.49. The van der Waals surface area contributed by atoms with Crippen LogP contribution in [-0.4, -0.2) is 37.0 Å². The molecule has 0 bridgehead atoms. The van der Waals surface area contributed by atoms with Gasteiger partial charge in [-0.1, -0.05) is 24.3 Å². The largest absolute Gasteiger partial charge is 0.398 e. The third-order valence-electron chi connectivity index (χ3n) is 4.57. The topological polar surface area (TPSA) is 49.6 Å². The fraction of sp³-hybridized carbons (Fsp3) is 0.316. The zero-order chi connectivity index (χ0) is 16.4. The van der Waals surface area contributed by atoms with Crippen LogP contribution in [-0.2, 0) is 0 Å². The number of carbonyl (C=O) groups is 1. The van der Waals surface area contributed by atoms with E-state index in [1.807, 2.05) is 49.1 Å². The Labute approximate surface area is 137 Å². The summed E-state index contributed by atoms with van der Waals surface area (Å²) in [7, 11) is 0. The first kappa shape index (κ1) is 15.4. The summed E-state index contributed by atoms with van der Waals surface area (Å²) in [5, 5.41) is 0. The lowest BCUT2D eigenvalue weighted by atomic mass is 10.1. The minimum atomic E-state index is 0.131. The Balaban J connectivity index is 1.67. The van der Waals surface area contributed by atoms with E-state index in [9.17, 15) is 4.79 Å². The van der Waals surface area contributed by atoms with Crippen LogP contribution in [0.15, 0.2) is 42.5 Å². The molecule has 1 aliphatic heterocycles. The van der Waals surface area contributed by atoms with Crippen LogP contribution in [0.1, 0.15) is 21.5 Å². The van der Waals surface area contributed by atoms with Gasteiger partial charge in [0.2, 0.25) is 0 Å². The van der Waals surface area contributed by atoms with E-state index in [-0.39, 0.29) is 5.91 Å². The summed E-state index contributed by atoms with van der Waals surface area (Å²) in [5.41, 5.74) is 10.9. The van der Waals surface area contributed by atoms with Gasteiger partial charge in [-0.15, -0.1) is 0 Å². The molecule has 1 heterocycles. The lowest BCUT2D eigenvalue weighted by Gasteiger charge is -2.36. The van der Waals surface area contributed by atoms with Crippen LogP contribution < -0.4 is 10.6 Å². The molecule has 1 amide bonds. The number of rotatable bonds is 2. The van der Waals surface area contributed by atoms with E-state index < -0.39 is 0 Å². The standard InChI is InChI=1S/C19H23N3O/c1-14-5-3-4-6-17(14)19(23)22-11-9-21(10-12-22)16-8-7-15(2)18(20)13-16/h3-8,13H,9-12,20H2,1-2H3. The van der Waals surface area contributed by atoms with E-state index in [0.29, 0.717) is 0 Å². The Kier molecular flexibility index (Phi) is 4.24. The third kappa shape index (κ3) is 3.16. The van der Waals surface area contributed by atoms with Crippen LogP contribution in [0.4, 0.5) is 11.4 Å². The highest BCUT2D eigenvalue weighted by atomic mass is 16.2. The number of hydrogen-bond acceptors (Lipinski definition) is 3. The molecule has 4 nitrogen and oxygen atoms in total. The van der Waals surface area contributed by atoms with E-state index in [1.54, 1.807) is 0 Å². The van der Waals surface area contributed by atoms with Crippen LogP contribution >= 0.6 is 0 Å². The molecule has 0 radical (unpaired) electrons. The number of carbonyl (C=O) groups excluding carboxylic acids is 1. The quantitative estimate of drug-likeness (QED) is 0.868. The molecular formula is C19H23N3O. The zero-order valence-electron chi connectivity index (χ0n) is 13.7. The van der Waals surface area contributed by atoms with E-state index >= 15 is 0 Å². The number of amides is 1. The number of piperazine rings is 1. The first-order valence-corrected chi connectivity index (χ1v) is 8.02. The van der Waals surface area contributed by atoms with Crippen molar-refractivity contribution >= 4 is 17.3 Å². The highest BCUT2D eigenvalue weighted by Crippen LogP contribution is 2.22. The number of anilines is 2. The fourth-order valence-electron chi connectivity index (χ4n) is 2.98. The Bertz CT molecular complexity index is 718. The molecule has 1 aliphatic rings. The molecule has 0 aromatic heterocycles. The second kappa shape index (κ2) is 6.32. The number of hydrogen-bond donors (Lipinski definition) is 1. The highest BCUT2D eigenvalue weighted by Gasteiger charge is 2.23. The SMILES string of the molecule is Cc1ccc(N2CCN(C(=O)c3ccccc3C)CC2)cc1N. The Hall–Kier alpha value is -2.49. The van der Waals surface area contributed by atoms with Gasteiger partial charge in [0.05, 0.1) is 0 Å². The normalized spacial score (nSPS) is 14.9. The van der Waals surface area contributed by atoms with Gasteiger partial charge in [0, 0.05) is 43.1 Å². The molecule has 2 aromatic rings. The minimum absolute atomic E-state index is 0.131. The highest BCUT2D eigenvalue weighted by molar-refractivity contribution is 5.95. The van der Waals surface area contributed by atoms with Gasteiger partial charge in [-0.2, -0.15) is 0 Å². The van der Waals surface area contributed by atoms with Gasteiger partial charge in [0.1, 0.15) is 0 Å². The molecule has 4 heteroatoms. The second-order valence-corrected chi connectivity index (χ2v) is 6.14. The lowest BCUT2D eigenvalue weighted by molar-refractivity contribution is 0.0746. The zero-order valence-corrected chi connectivity index (χ0v) is 13.7. The van der Waals surface area contributed by atoms with Crippen molar-refractivity contribution in [1.29, 1.82) is 0 Å². The van der Waals surface area contributed by atoms with Crippen LogP contribution in [0, 0.1) is 13.8 Å². The second-order valence-electron chi connectivity index (χ2n) is 6.14. The van der Waals surface area contributed by atoms with Crippen molar-refractivity contribution in [2.75, 3.05) is 36.8 Å². The predicted molar refractivity (Wildman–Crippen MR) is 94.9 cm³/mol. The summed E-state index contributed by atoms with van der Waals surface area (Å²) < 4.78 is 0. The summed E-state index contributed by atoms with van der Waals surface area (Å²) in [5.74, 6) is 0.131. The first-order chi connectivity index (χ1) is 11.1. The summed E-state index contributed by atoms with van der Waals surface area (Å²) in [6.07, 6.45) is 0. The monoisotopic (exact) mass is 309 g/mol. The van der Waals surface area contributed by atoms with Gasteiger partial charge in [-0.3, -0.25) is 4.79 Å². The average Bonchev–Trinajstić information content (AvgIpc) is 2.57. The molecule has 2 aromatic carbocycles. The Morgan fingerprint density at radius 1 is 0.957 bits per heavy atom. The number of aryl methyl sites for hydroxylation is 2. The molecule has 0 aliphatic carbocycles. The molecule has 2 N–H and O–H groups in total. The molecule has 0 spiro atoms. The van der Waals surface area contributed by atoms with Gasteiger partial charge in [-0.25, -0.2) is 0 Å². The number of benzene rings is 2. The van der Waals surface area contributed by atoms with E-state index in [4.69, 9.17) is 5.73 Å². The summed E-state index contributed by atoms with van der Waals surface area (Å²) in [6.45, 7) is 7.14. The van der Waals surface area contributed by atoms with E-state index in [2.05, 4.69) is 17.0 Å². The number of nitrogens with two attached hydrogens (primary N) is 1. The average molecular weight is 309 g/mol. The molecule has 0 saturated carbocycles. The molecule has 120 valence electrons. The predicted octanol–water partition coefficient (Wildman–Crippen LogP) is 2.85. The van der Waals surface area contributed by atoms with Crippen molar-refractivity contribution in [3.8, 4) is 0 Å². The van der Waals surface area contributed by atoms with Crippen molar-refractivity contribution in [2.45, 2.75) is 13.8 Å². The minimum Gasteiger partial charge on any atom is -0.398 e. The van der Waals surface area contributed by atoms with Crippen molar-refractivity contribution in [1.82, 2.24) is 4.90 Å². The van der Waals surface area contributed by atoms with Crippen LogP contribution in [0.25, 0.3) is 0 Å². The Morgan fingerprint density at radius 2 is 1.65 bits per heavy atom. The van der Waals surface area contributed by atoms with E-state index in [1.165, 1.54) is 0 Å². The molecule has 1 fully saturated rings. The van der Waals surface area contributed by atoms with E-state index in [0.717, 1.165) is 54.2 Å². The maximum Gasteiger partial charge on any atom is 0.254 e. The molecule has 3 rings (SSSR count). The van der Waals surface area contributed by atoms with Crippen LogP contribution in [0.2, 0.25) is 0 Å². The first-order valence-electron chi connectivity index (χ1n) is 8.02. The van der Waals surface area contributed by atoms with Crippen molar-refractivity contribution < 1.29 is 4.79 Å². The number of nitrogens with zero attached hydrogens (tertiary/aromatic N) is 2. The summed E-state index contributed by atoms with van der Waals surface area (Å²) in [6, 6.07) is 14.0. The fourth-order valence-corrected chi connectivity index (χ4v) is 2.98. The number of nitrogen functional groups attached to an aromatic ring is 1. The van der Waals surface area contributed by atoms with Crippen molar-refractivity contribution in [3.63, 3.8) is 0 Å².